The molecule has 1 amide bonds. The molecular weight excluding hydrogens is 1000 g/mol. The second kappa shape index (κ2) is 57.9. The normalized spacial score (nSPS) is 14.4. The van der Waals surface area contributed by atoms with Gasteiger partial charge in [0.1, 0.15) is 19.3 Å². The summed E-state index contributed by atoms with van der Waals surface area (Å²) in [4.78, 5) is 40.0. The van der Waals surface area contributed by atoms with Crippen LogP contribution in [0.3, 0.4) is 0 Å². The van der Waals surface area contributed by atoms with Gasteiger partial charge in [-0.15, -0.1) is 0 Å². The van der Waals surface area contributed by atoms with Gasteiger partial charge in [-0.2, -0.15) is 0 Å². The number of hydrogen-bond donors (Lipinski definition) is 1. The Kier molecular flexibility index (Phi) is 55.4. The maximum atomic E-state index is 13.6. The van der Waals surface area contributed by atoms with Gasteiger partial charge in [-0.3, -0.25) is 14.2 Å². The van der Waals surface area contributed by atoms with Crippen LogP contribution in [0.25, 0.3) is 0 Å². The number of allylic oxidation sites excluding steroid dienone is 17. The average Bonchev–Trinajstić information content (AvgIpc) is 3.41. The van der Waals surface area contributed by atoms with Crippen molar-refractivity contribution >= 4 is 19.7 Å². The first kappa shape index (κ1) is 75.7. The summed E-state index contributed by atoms with van der Waals surface area (Å²) >= 11 is 0. The van der Waals surface area contributed by atoms with E-state index in [0.29, 0.717) is 23.9 Å². The van der Waals surface area contributed by atoms with Gasteiger partial charge in [0.05, 0.1) is 33.8 Å². The van der Waals surface area contributed by atoms with E-state index in [1.807, 2.05) is 33.3 Å². The number of phosphoric ester groups is 1. The highest BCUT2D eigenvalue weighted by Gasteiger charge is 2.27. The van der Waals surface area contributed by atoms with Crippen LogP contribution in [-0.2, 0) is 27.9 Å². The van der Waals surface area contributed by atoms with Crippen LogP contribution in [0.15, 0.2) is 109 Å². The van der Waals surface area contributed by atoms with Gasteiger partial charge in [-0.1, -0.05) is 246 Å². The van der Waals surface area contributed by atoms with E-state index in [1.54, 1.807) is 0 Å². The number of carbonyl (C=O) groups is 2. The summed E-state index contributed by atoms with van der Waals surface area (Å²) in [6.07, 6.45) is 79.1. The number of nitrogens with zero attached hydrogens (tertiary/aromatic N) is 1. The van der Waals surface area contributed by atoms with E-state index >= 15 is 0 Å². The molecule has 0 saturated heterocycles. The number of quaternary nitrogens is 1. The Morgan fingerprint density at radius 1 is 0.456 bits per heavy atom. The molecule has 0 aliphatic carbocycles. The summed E-state index contributed by atoms with van der Waals surface area (Å²) in [5.41, 5.74) is 0. The molecule has 0 aromatic carbocycles. The minimum Gasteiger partial charge on any atom is -0.756 e. The highest BCUT2D eigenvalue weighted by atomic mass is 31.2. The van der Waals surface area contributed by atoms with Crippen molar-refractivity contribution in [3.05, 3.63) is 109 Å². The molecular formula is C69H121N2O7P. The zero-order valence-electron chi connectivity index (χ0n) is 51.8. The van der Waals surface area contributed by atoms with E-state index in [1.165, 1.54) is 103 Å². The fourth-order valence-electron chi connectivity index (χ4n) is 8.73. The smallest absolute Gasteiger partial charge is 0.306 e. The van der Waals surface area contributed by atoms with Crippen molar-refractivity contribution in [3.8, 4) is 0 Å². The third-order valence-electron chi connectivity index (χ3n) is 13.7. The van der Waals surface area contributed by atoms with Gasteiger partial charge in [0.2, 0.25) is 5.91 Å². The van der Waals surface area contributed by atoms with Crippen molar-refractivity contribution in [3.63, 3.8) is 0 Å². The summed E-state index contributed by atoms with van der Waals surface area (Å²) in [5, 5.41) is 3.02. The molecule has 9 nitrogen and oxygen atoms in total. The van der Waals surface area contributed by atoms with Gasteiger partial charge < -0.3 is 28.5 Å². The summed E-state index contributed by atoms with van der Waals surface area (Å²) < 4.78 is 30.3. The molecule has 0 spiro atoms. The Morgan fingerprint density at radius 2 is 0.810 bits per heavy atom. The first-order valence-corrected chi connectivity index (χ1v) is 33.7. The average molecular weight is 1120 g/mol. The molecule has 3 atom stereocenters. The summed E-state index contributed by atoms with van der Waals surface area (Å²) in [5.74, 6) is -0.578. The molecule has 0 saturated carbocycles. The Morgan fingerprint density at radius 3 is 1.24 bits per heavy atom. The molecule has 0 aromatic rings. The molecule has 3 unspecified atom stereocenters. The number of ether oxygens (including phenoxy) is 1. The van der Waals surface area contributed by atoms with Crippen molar-refractivity contribution < 1.29 is 37.3 Å². The van der Waals surface area contributed by atoms with Crippen molar-refractivity contribution in [2.75, 3.05) is 40.9 Å². The minimum atomic E-state index is -4.71. The van der Waals surface area contributed by atoms with Crippen molar-refractivity contribution in [2.45, 2.75) is 277 Å². The van der Waals surface area contributed by atoms with Gasteiger partial charge >= 0.3 is 5.97 Å². The van der Waals surface area contributed by atoms with Crippen molar-refractivity contribution in [1.82, 2.24) is 5.32 Å². The monoisotopic (exact) mass is 1120 g/mol. The van der Waals surface area contributed by atoms with Crippen LogP contribution in [-0.4, -0.2) is 69.4 Å². The molecule has 0 fully saturated rings. The van der Waals surface area contributed by atoms with Crippen LogP contribution < -0.4 is 10.2 Å². The molecule has 79 heavy (non-hydrogen) atoms. The number of hydrogen-bond acceptors (Lipinski definition) is 7. The number of amides is 1. The molecule has 1 N–H and O–H groups in total. The van der Waals surface area contributed by atoms with E-state index in [-0.39, 0.29) is 24.9 Å². The van der Waals surface area contributed by atoms with Crippen molar-refractivity contribution in [1.29, 1.82) is 0 Å². The molecule has 0 rings (SSSR count). The fraction of sp³-hybridized carbons (Fsp3) is 0.710. The maximum Gasteiger partial charge on any atom is 0.306 e. The largest absolute Gasteiger partial charge is 0.756 e. The summed E-state index contributed by atoms with van der Waals surface area (Å²) in [7, 11) is 1.15. The van der Waals surface area contributed by atoms with E-state index < -0.39 is 26.6 Å². The predicted molar refractivity (Wildman–Crippen MR) is 339 cm³/mol. The molecule has 454 valence electrons. The first-order chi connectivity index (χ1) is 38.4. The molecule has 0 radical (unpaired) electrons. The van der Waals surface area contributed by atoms with Crippen LogP contribution in [0.1, 0.15) is 265 Å². The van der Waals surface area contributed by atoms with E-state index in [4.69, 9.17) is 13.8 Å². The number of phosphoric acid groups is 1. The Labute approximate surface area is 487 Å². The summed E-state index contributed by atoms with van der Waals surface area (Å²) in [6, 6.07) is -0.908. The summed E-state index contributed by atoms with van der Waals surface area (Å²) in [6.45, 7) is 6.67. The Bertz CT molecular complexity index is 1720. The zero-order chi connectivity index (χ0) is 57.9. The second-order valence-electron chi connectivity index (χ2n) is 22.5. The third kappa shape index (κ3) is 59.1. The Hall–Kier alpha value is -3.33. The molecule has 0 aliphatic heterocycles. The first-order valence-electron chi connectivity index (χ1n) is 32.2. The van der Waals surface area contributed by atoms with E-state index in [0.717, 1.165) is 122 Å². The second-order valence-corrected chi connectivity index (χ2v) is 23.9. The third-order valence-corrected chi connectivity index (χ3v) is 14.7. The van der Waals surface area contributed by atoms with Crippen LogP contribution in [0, 0.1) is 0 Å². The standard InChI is InChI=1S/C69H121N2O7P/c1-7-10-13-16-19-22-25-27-29-31-32-33-34-35-36-37-38-40-41-43-46-49-52-55-58-61-68(72)70-66(65-77-79(74,75)76-64-63-71(4,5)6)67(60-57-54-51-48-45-24-21-18-15-12-9-3)78-69(73)62-59-56-53-50-47-44-42-39-30-28-26-23-20-17-14-11-8-2/h10,13,19-20,22-23,27-30,32-33,35-36,42,44,57,60,66-67H,7-9,11-12,14-18,21,24-26,31,34,37-41,43,45-56,58-59,61-65H2,1-6H3,(H-,70,72,74,75)/b13-10-,22-19-,23-20-,29-27-,30-28-,33-32-,36-35-,44-42-,60-57-. The SMILES string of the molecule is CC/C=C\C/C=C\C/C=C\C/C=C\C/C=C\CCCCCCCCCCCC(=O)NC(COP(=O)([O-])OCC[N+](C)(C)C)C(/C=C\CCCCCCCCCCC)OC(=O)CCCCCC/C=C\C/C=C\C/C=C\CCCCC. The topological polar surface area (TPSA) is 114 Å². The highest BCUT2D eigenvalue weighted by Crippen LogP contribution is 2.38. The zero-order valence-corrected chi connectivity index (χ0v) is 52.7. The van der Waals surface area contributed by atoms with Crippen molar-refractivity contribution in [2.24, 2.45) is 0 Å². The van der Waals surface area contributed by atoms with Crippen LogP contribution in [0.2, 0.25) is 0 Å². The van der Waals surface area contributed by atoms with Gasteiger partial charge in [0.15, 0.2) is 0 Å². The lowest BCUT2D eigenvalue weighted by Crippen LogP contribution is -2.47. The fourth-order valence-corrected chi connectivity index (χ4v) is 9.45. The number of unbranched alkanes of at least 4 members (excludes halogenated alkanes) is 25. The quantitative estimate of drug-likeness (QED) is 0.0212. The number of nitrogens with one attached hydrogen (secondary N) is 1. The molecule has 0 aromatic heterocycles. The molecule has 0 aliphatic rings. The van der Waals surface area contributed by atoms with Gasteiger partial charge in [0.25, 0.3) is 7.82 Å². The molecule has 0 heterocycles. The maximum absolute atomic E-state index is 13.6. The Balaban J connectivity index is 5.18. The lowest BCUT2D eigenvalue weighted by molar-refractivity contribution is -0.870. The van der Waals surface area contributed by atoms with Gasteiger partial charge in [-0.05, 0) is 115 Å². The number of rotatable bonds is 57. The van der Waals surface area contributed by atoms with Gasteiger partial charge in [-0.25, -0.2) is 0 Å². The number of esters is 1. The lowest BCUT2D eigenvalue weighted by Gasteiger charge is -2.30. The van der Waals surface area contributed by atoms with Crippen LogP contribution >= 0.6 is 7.82 Å². The molecule has 10 heteroatoms. The number of carbonyl (C=O) groups excluding carboxylic acids is 2. The van der Waals surface area contributed by atoms with Crippen LogP contribution in [0.4, 0.5) is 0 Å². The molecule has 0 bridgehead atoms. The highest BCUT2D eigenvalue weighted by molar-refractivity contribution is 7.45. The predicted octanol–water partition coefficient (Wildman–Crippen LogP) is 19.5. The number of likely N-dealkylation sites (N-methyl/N-ethyl adjacent to an activating group) is 1. The van der Waals surface area contributed by atoms with Crippen LogP contribution in [0.5, 0.6) is 0 Å². The minimum absolute atomic E-state index is 0.0326. The van der Waals surface area contributed by atoms with Gasteiger partial charge in [0, 0.05) is 12.8 Å². The lowest BCUT2D eigenvalue weighted by atomic mass is 10.0. The van der Waals surface area contributed by atoms with E-state index in [2.05, 4.69) is 123 Å². The van der Waals surface area contributed by atoms with E-state index in [9.17, 15) is 19.0 Å².